The molecule has 0 aliphatic heterocycles. The highest BCUT2D eigenvalue weighted by Crippen LogP contribution is 2.66. The van der Waals surface area contributed by atoms with Crippen molar-refractivity contribution in [3.63, 3.8) is 0 Å². The van der Waals surface area contributed by atoms with E-state index in [-0.39, 0.29) is 28.3 Å². The number of Topliss-reactive ketones (excluding diaryl/α,β-unsaturated/α-hetero) is 1. The maximum atomic E-state index is 13.0. The van der Waals surface area contributed by atoms with Crippen LogP contribution in [0, 0.1) is 16.7 Å². The summed E-state index contributed by atoms with van der Waals surface area (Å²) in [5.41, 5.74) is 1.00. The first-order valence-corrected chi connectivity index (χ1v) is 8.34. The van der Waals surface area contributed by atoms with E-state index in [1.54, 1.807) is 0 Å². The molecule has 0 amide bonds. The maximum absolute atomic E-state index is 13.0. The summed E-state index contributed by atoms with van der Waals surface area (Å²) in [7, 11) is 0. The second kappa shape index (κ2) is 4.47. The van der Waals surface area contributed by atoms with Crippen molar-refractivity contribution in [2.45, 2.75) is 33.6 Å². The predicted molar refractivity (Wildman–Crippen MR) is 93.1 cm³/mol. The minimum atomic E-state index is -0.342. The molecule has 1 N–H and O–H groups in total. The van der Waals surface area contributed by atoms with E-state index in [0.29, 0.717) is 5.57 Å². The molecule has 2 bridgehead atoms. The normalized spacial score (nSPS) is 30.9. The maximum Gasteiger partial charge on any atom is 0.169 e. The van der Waals surface area contributed by atoms with Crippen molar-refractivity contribution in [1.82, 2.24) is 0 Å². The Hall–Kier alpha value is -2.09. The molecule has 0 unspecified atom stereocenters. The van der Waals surface area contributed by atoms with Gasteiger partial charge in [-0.15, -0.1) is 0 Å². The van der Waals surface area contributed by atoms with Gasteiger partial charge in [-0.25, -0.2) is 0 Å². The van der Waals surface area contributed by atoms with Crippen LogP contribution in [0.15, 0.2) is 48.0 Å². The van der Waals surface area contributed by atoms with Gasteiger partial charge in [0.1, 0.15) is 5.76 Å². The van der Waals surface area contributed by atoms with Gasteiger partial charge >= 0.3 is 0 Å². The van der Waals surface area contributed by atoms with Crippen LogP contribution in [-0.2, 0) is 4.79 Å². The van der Waals surface area contributed by atoms with Gasteiger partial charge < -0.3 is 5.11 Å². The number of allylic oxidation sites excluding steroid dienone is 1. The van der Waals surface area contributed by atoms with E-state index < -0.39 is 0 Å². The summed E-state index contributed by atoms with van der Waals surface area (Å²) >= 11 is 0. The zero-order valence-corrected chi connectivity index (χ0v) is 13.9. The van der Waals surface area contributed by atoms with E-state index in [1.165, 1.54) is 0 Å². The molecule has 4 rings (SSSR count). The first kappa shape index (κ1) is 14.5. The molecule has 0 spiro atoms. The number of carbonyl (C=O) groups excluding carboxylic acids is 1. The zero-order valence-electron chi connectivity index (χ0n) is 13.9. The number of ketones is 1. The van der Waals surface area contributed by atoms with Gasteiger partial charge in [-0.2, -0.15) is 0 Å². The summed E-state index contributed by atoms with van der Waals surface area (Å²) < 4.78 is 0. The van der Waals surface area contributed by atoms with Gasteiger partial charge in [0.2, 0.25) is 0 Å². The van der Waals surface area contributed by atoms with Crippen molar-refractivity contribution in [1.29, 1.82) is 0 Å². The third-order valence-electron chi connectivity index (χ3n) is 6.62. The molecule has 118 valence electrons. The van der Waals surface area contributed by atoms with Gasteiger partial charge in [-0.1, -0.05) is 63.2 Å². The minimum Gasteiger partial charge on any atom is -0.507 e. The highest BCUT2D eigenvalue weighted by molar-refractivity contribution is 6.10. The number of aliphatic hydroxyl groups excluding tert-OH is 1. The summed E-state index contributed by atoms with van der Waals surface area (Å²) in [6.07, 6.45) is 1.91. The minimum absolute atomic E-state index is 0.0853. The largest absolute Gasteiger partial charge is 0.507 e. The molecule has 0 saturated heterocycles. The molecule has 2 atom stereocenters. The van der Waals surface area contributed by atoms with E-state index in [2.05, 4.69) is 20.8 Å². The fourth-order valence-electron chi connectivity index (χ4n) is 4.72. The highest BCUT2D eigenvalue weighted by atomic mass is 16.3. The first-order valence-electron chi connectivity index (χ1n) is 8.34. The van der Waals surface area contributed by atoms with Gasteiger partial charge in [0.25, 0.3) is 0 Å². The van der Waals surface area contributed by atoms with Crippen LogP contribution in [-0.4, -0.2) is 10.9 Å². The Morgan fingerprint density at radius 1 is 1.09 bits per heavy atom. The standard InChI is InChI=1S/C21H22O2/c1-20(2)16-11-12-21(20,3)19(23)17(16)18(22)15-10-6-8-13-7-4-5-9-14(13)15/h4-10,16,22H,11-12H2,1-3H3/t16-,21+/m1/s1. The first-order chi connectivity index (χ1) is 10.9. The number of benzene rings is 2. The fraction of sp³-hybridized carbons (Fsp3) is 0.381. The third kappa shape index (κ3) is 1.67. The lowest BCUT2D eigenvalue weighted by Gasteiger charge is -2.31. The SMILES string of the molecule is CC1(C)[C@@H]2CC[C@@]1(C)C(=O)C2=C(O)c1cccc2ccccc12. The topological polar surface area (TPSA) is 37.3 Å². The molecule has 2 aromatic rings. The lowest BCUT2D eigenvalue weighted by atomic mass is 9.70. The van der Waals surface area contributed by atoms with Crippen molar-refractivity contribution in [3.8, 4) is 0 Å². The van der Waals surface area contributed by atoms with E-state index in [9.17, 15) is 9.90 Å². The molecule has 2 aliphatic rings. The van der Waals surface area contributed by atoms with Gasteiger partial charge in [-0.3, -0.25) is 4.79 Å². The summed E-state index contributed by atoms with van der Waals surface area (Å²) in [4.78, 5) is 13.0. The van der Waals surface area contributed by atoms with E-state index >= 15 is 0 Å². The highest BCUT2D eigenvalue weighted by Gasteiger charge is 2.65. The average Bonchev–Trinajstić information content (AvgIpc) is 2.86. The summed E-state index contributed by atoms with van der Waals surface area (Å²) in [6.45, 7) is 6.41. The van der Waals surface area contributed by atoms with Crippen LogP contribution < -0.4 is 0 Å². The lowest BCUT2D eigenvalue weighted by molar-refractivity contribution is -0.125. The van der Waals surface area contributed by atoms with E-state index in [4.69, 9.17) is 0 Å². The molecule has 2 aliphatic carbocycles. The van der Waals surface area contributed by atoms with Crippen LogP contribution in [0.4, 0.5) is 0 Å². The Morgan fingerprint density at radius 3 is 2.48 bits per heavy atom. The number of carbonyl (C=O) groups is 1. The smallest absolute Gasteiger partial charge is 0.169 e. The Kier molecular flexibility index (Phi) is 2.82. The molecule has 2 fully saturated rings. The predicted octanol–water partition coefficient (Wildman–Crippen LogP) is 5.13. The Labute approximate surface area is 136 Å². The van der Waals surface area contributed by atoms with Crippen LogP contribution in [0.5, 0.6) is 0 Å². The molecule has 23 heavy (non-hydrogen) atoms. The van der Waals surface area contributed by atoms with Crippen molar-refractivity contribution < 1.29 is 9.90 Å². The number of rotatable bonds is 1. The second-order valence-corrected chi connectivity index (χ2v) is 7.76. The van der Waals surface area contributed by atoms with Crippen LogP contribution in [0.1, 0.15) is 39.2 Å². The Morgan fingerprint density at radius 2 is 1.78 bits per heavy atom. The van der Waals surface area contributed by atoms with Crippen molar-refractivity contribution in [3.05, 3.63) is 53.6 Å². The number of hydrogen-bond acceptors (Lipinski definition) is 2. The molecule has 2 aromatic carbocycles. The molecule has 0 aromatic heterocycles. The monoisotopic (exact) mass is 306 g/mol. The lowest BCUT2D eigenvalue weighted by Crippen LogP contribution is -2.32. The van der Waals surface area contributed by atoms with Crippen molar-refractivity contribution >= 4 is 22.3 Å². The molecule has 2 nitrogen and oxygen atoms in total. The molecule has 0 radical (unpaired) electrons. The summed E-state index contributed by atoms with van der Waals surface area (Å²) in [5, 5.41) is 13.1. The second-order valence-electron chi connectivity index (χ2n) is 7.76. The molecule has 2 saturated carbocycles. The van der Waals surface area contributed by atoms with Crippen molar-refractivity contribution in [2.24, 2.45) is 16.7 Å². The van der Waals surface area contributed by atoms with Gasteiger partial charge in [0, 0.05) is 16.6 Å². The van der Waals surface area contributed by atoms with E-state index in [0.717, 1.165) is 29.2 Å². The Balaban J connectivity index is 1.97. The van der Waals surface area contributed by atoms with Crippen LogP contribution >= 0.6 is 0 Å². The molecular formula is C21H22O2. The summed E-state index contributed by atoms with van der Waals surface area (Å²) in [5.74, 6) is 0.483. The van der Waals surface area contributed by atoms with E-state index in [1.807, 2.05) is 42.5 Å². The fourth-order valence-corrected chi connectivity index (χ4v) is 4.72. The van der Waals surface area contributed by atoms with Gasteiger partial charge in [0.15, 0.2) is 5.78 Å². The van der Waals surface area contributed by atoms with Crippen LogP contribution in [0.25, 0.3) is 16.5 Å². The third-order valence-corrected chi connectivity index (χ3v) is 6.62. The summed E-state index contributed by atoms with van der Waals surface area (Å²) in [6, 6.07) is 13.9. The molecule has 2 heteroatoms. The van der Waals surface area contributed by atoms with Crippen LogP contribution in [0.3, 0.4) is 0 Å². The molecule has 0 heterocycles. The number of fused-ring (bicyclic) bond motifs is 3. The van der Waals surface area contributed by atoms with Crippen LogP contribution in [0.2, 0.25) is 0 Å². The zero-order chi connectivity index (χ0) is 16.4. The van der Waals surface area contributed by atoms with Gasteiger partial charge in [0.05, 0.1) is 0 Å². The quantitative estimate of drug-likeness (QED) is 0.585. The van der Waals surface area contributed by atoms with Gasteiger partial charge in [-0.05, 0) is 34.9 Å². The number of hydrogen-bond donors (Lipinski definition) is 1. The Bertz CT molecular complexity index is 854. The van der Waals surface area contributed by atoms with Crippen molar-refractivity contribution in [2.75, 3.05) is 0 Å². The molecular weight excluding hydrogens is 284 g/mol. The average molecular weight is 306 g/mol. The number of aliphatic hydroxyl groups is 1.